The van der Waals surface area contributed by atoms with Crippen LogP contribution in [0.1, 0.15) is 23.2 Å². The highest BCUT2D eigenvalue weighted by Crippen LogP contribution is 2.33. The number of phenols is 1. The van der Waals surface area contributed by atoms with Crippen LogP contribution in [0, 0.1) is 0 Å². The van der Waals surface area contributed by atoms with Crippen LogP contribution < -0.4 is 15.4 Å². The summed E-state index contributed by atoms with van der Waals surface area (Å²) in [5, 5.41) is 17.6. The Morgan fingerprint density at radius 2 is 2.07 bits per heavy atom. The van der Waals surface area contributed by atoms with Gasteiger partial charge in [0.1, 0.15) is 23.5 Å². The van der Waals surface area contributed by atoms with E-state index in [1.165, 1.54) is 6.07 Å². The van der Waals surface area contributed by atoms with Crippen molar-refractivity contribution < 1.29 is 14.6 Å². The molecule has 0 atom stereocenters. The third-order valence-corrected chi connectivity index (χ3v) is 4.44. The van der Waals surface area contributed by atoms with E-state index in [2.05, 4.69) is 15.6 Å². The number of rotatable bonds is 5. The number of pyridine rings is 1. The van der Waals surface area contributed by atoms with Gasteiger partial charge in [-0.15, -0.1) is 0 Å². The topological polar surface area (TPSA) is 83.5 Å². The Hall–Kier alpha value is -3.19. The van der Waals surface area contributed by atoms with E-state index < -0.39 is 0 Å². The summed E-state index contributed by atoms with van der Waals surface area (Å²) in [6, 6.07) is 12.3. The van der Waals surface area contributed by atoms with Gasteiger partial charge >= 0.3 is 0 Å². The van der Waals surface area contributed by atoms with Gasteiger partial charge in [-0.1, -0.05) is 0 Å². The Kier molecular flexibility index (Phi) is 4.60. The number of phenolic OH excluding ortho intramolecular Hbond substituents is 1. The van der Waals surface area contributed by atoms with Crippen molar-refractivity contribution in [1.29, 1.82) is 0 Å². The second-order valence-corrected chi connectivity index (χ2v) is 6.77. The number of aromatic nitrogens is 1. The number of carbonyl (C=O) groups excluding carboxylic acids is 1. The van der Waals surface area contributed by atoms with Crippen LogP contribution in [-0.4, -0.2) is 27.5 Å². The first-order valence-corrected chi connectivity index (χ1v) is 8.95. The number of aldehydes is 1. The van der Waals surface area contributed by atoms with Gasteiger partial charge in [0.2, 0.25) is 0 Å². The van der Waals surface area contributed by atoms with Gasteiger partial charge in [-0.2, -0.15) is 0 Å². The molecule has 3 N–H and O–H groups in total. The van der Waals surface area contributed by atoms with Crippen molar-refractivity contribution in [2.45, 2.75) is 18.9 Å². The van der Waals surface area contributed by atoms with E-state index in [-0.39, 0.29) is 5.75 Å². The molecule has 0 unspecified atom stereocenters. The minimum atomic E-state index is 0.0272. The first-order chi connectivity index (χ1) is 13.1. The number of aromatic hydroxyl groups is 1. The molecule has 0 saturated heterocycles. The van der Waals surface area contributed by atoms with Crippen LogP contribution in [0.2, 0.25) is 0 Å². The molecular formula is C20H17N3O3S. The highest BCUT2D eigenvalue weighted by molar-refractivity contribution is 7.80. The van der Waals surface area contributed by atoms with Crippen LogP contribution in [0.3, 0.4) is 0 Å². The summed E-state index contributed by atoms with van der Waals surface area (Å²) < 4.78 is 5.91. The Morgan fingerprint density at radius 1 is 1.22 bits per heavy atom. The van der Waals surface area contributed by atoms with Crippen molar-refractivity contribution in [3.05, 3.63) is 54.2 Å². The second-order valence-electron chi connectivity index (χ2n) is 6.36. The Bertz CT molecular complexity index is 1030. The average molecular weight is 379 g/mol. The smallest absolute Gasteiger partial charge is 0.171 e. The first-order valence-electron chi connectivity index (χ1n) is 8.55. The molecule has 0 spiro atoms. The maximum atomic E-state index is 11.0. The van der Waals surface area contributed by atoms with Crippen LogP contribution in [0.5, 0.6) is 17.2 Å². The van der Waals surface area contributed by atoms with Crippen molar-refractivity contribution >= 4 is 40.2 Å². The average Bonchev–Trinajstić information content (AvgIpc) is 3.48. The van der Waals surface area contributed by atoms with Crippen molar-refractivity contribution in [1.82, 2.24) is 10.3 Å². The zero-order chi connectivity index (χ0) is 18.8. The fourth-order valence-electron chi connectivity index (χ4n) is 2.68. The molecule has 136 valence electrons. The van der Waals surface area contributed by atoms with Crippen LogP contribution in [-0.2, 0) is 0 Å². The van der Waals surface area contributed by atoms with Crippen molar-refractivity contribution in [3.8, 4) is 17.2 Å². The molecule has 4 rings (SSSR count). The zero-order valence-corrected chi connectivity index (χ0v) is 15.1. The molecule has 1 fully saturated rings. The third-order valence-electron chi connectivity index (χ3n) is 4.22. The number of nitrogens with one attached hydrogen (secondary N) is 2. The minimum Gasteiger partial charge on any atom is -0.506 e. The van der Waals surface area contributed by atoms with E-state index in [9.17, 15) is 9.90 Å². The number of hydrogen-bond donors (Lipinski definition) is 3. The molecule has 2 aromatic carbocycles. The Labute approximate surface area is 161 Å². The quantitative estimate of drug-likeness (QED) is 0.351. The number of nitrogens with zero attached hydrogens (tertiary/aromatic N) is 1. The third kappa shape index (κ3) is 3.98. The van der Waals surface area contributed by atoms with E-state index in [0.717, 1.165) is 30.0 Å². The summed E-state index contributed by atoms with van der Waals surface area (Å²) in [5.74, 6) is 1.04. The number of carbonyl (C=O) groups is 1. The predicted octanol–water partition coefficient (Wildman–Crippen LogP) is 3.99. The van der Waals surface area contributed by atoms with Crippen molar-refractivity contribution in [2.24, 2.45) is 0 Å². The number of anilines is 1. The molecule has 0 radical (unpaired) electrons. The Morgan fingerprint density at radius 3 is 2.81 bits per heavy atom. The summed E-state index contributed by atoms with van der Waals surface area (Å²) in [6.45, 7) is 0. The van der Waals surface area contributed by atoms with Crippen LogP contribution in [0.15, 0.2) is 48.7 Å². The van der Waals surface area contributed by atoms with E-state index in [1.54, 1.807) is 42.6 Å². The number of benzene rings is 2. The molecule has 0 amide bonds. The number of ether oxygens (including phenoxy) is 1. The number of thiocarbonyl (C=S) groups is 1. The summed E-state index contributed by atoms with van der Waals surface area (Å²) in [5.41, 5.74) is 1.76. The fourth-order valence-corrected chi connectivity index (χ4v) is 2.96. The highest BCUT2D eigenvalue weighted by Gasteiger charge is 2.22. The standard InChI is InChI=1S/C20H17N3O3S/c24-11-12-1-5-16-15(9-12)19(7-8-21-16)26-14-4-6-17(18(25)10-14)23-20(27)22-13-2-3-13/h1,4-11,13,25H,2-3H2,(H2,22,23,27). The lowest BCUT2D eigenvalue weighted by Crippen LogP contribution is -2.30. The van der Waals surface area contributed by atoms with Crippen molar-refractivity contribution in [3.63, 3.8) is 0 Å². The van der Waals surface area contributed by atoms with Gasteiger partial charge in [0.05, 0.1) is 11.2 Å². The molecule has 0 aliphatic heterocycles. The van der Waals surface area contributed by atoms with Gasteiger partial charge < -0.3 is 20.5 Å². The number of hydrogen-bond acceptors (Lipinski definition) is 5. The van der Waals surface area contributed by atoms with Crippen LogP contribution >= 0.6 is 12.2 Å². The highest BCUT2D eigenvalue weighted by atomic mass is 32.1. The van der Waals surface area contributed by atoms with Crippen molar-refractivity contribution in [2.75, 3.05) is 5.32 Å². The lowest BCUT2D eigenvalue weighted by atomic mass is 10.1. The molecule has 6 nitrogen and oxygen atoms in total. The Balaban J connectivity index is 1.56. The van der Waals surface area contributed by atoms with Gasteiger partial charge in [0, 0.05) is 29.3 Å². The van der Waals surface area contributed by atoms with Gasteiger partial charge in [-0.05, 0) is 61.5 Å². The van der Waals surface area contributed by atoms with E-state index >= 15 is 0 Å². The molecular weight excluding hydrogens is 362 g/mol. The largest absolute Gasteiger partial charge is 0.506 e. The summed E-state index contributed by atoms with van der Waals surface area (Å²) >= 11 is 5.23. The molecule has 1 aromatic heterocycles. The molecule has 1 aliphatic rings. The predicted molar refractivity (Wildman–Crippen MR) is 108 cm³/mol. The maximum absolute atomic E-state index is 11.0. The lowest BCUT2D eigenvalue weighted by Gasteiger charge is -2.13. The zero-order valence-electron chi connectivity index (χ0n) is 14.3. The monoisotopic (exact) mass is 379 g/mol. The second kappa shape index (κ2) is 7.20. The molecule has 1 heterocycles. The summed E-state index contributed by atoms with van der Waals surface area (Å²) in [7, 11) is 0. The van der Waals surface area contributed by atoms with Crippen LogP contribution in [0.4, 0.5) is 5.69 Å². The molecule has 27 heavy (non-hydrogen) atoms. The molecule has 7 heteroatoms. The summed E-state index contributed by atoms with van der Waals surface area (Å²) in [6.07, 6.45) is 4.65. The van der Waals surface area contributed by atoms with E-state index in [0.29, 0.717) is 33.9 Å². The van der Waals surface area contributed by atoms with Crippen LogP contribution in [0.25, 0.3) is 10.9 Å². The van der Waals surface area contributed by atoms with Gasteiger partial charge in [-0.3, -0.25) is 9.78 Å². The lowest BCUT2D eigenvalue weighted by molar-refractivity contribution is 0.112. The molecule has 1 saturated carbocycles. The molecule has 3 aromatic rings. The maximum Gasteiger partial charge on any atom is 0.171 e. The van der Waals surface area contributed by atoms with Gasteiger partial charge in [0.15, 0.2) is 5.11 Å². The minimum absolute atomic E-state index is 0.0272. The van der Waals surface area contributed by atoms with Gasteiger partial charge in [-0.25, -0.2) is 0 Å². The van der Waals surface area contributed by atoms with E-state index in [4.69, 9.17) is 17.0 Å². The molecule has 0 bridgehead atoms. The van der Waals surface area contributed by atoms with E-state index in [1.807, 2.05) is 0 Å². The number of fused-ring (bicyclic) bond motifs is 1. The SMILES string of the molecule is O=Cc1ccc2nccc(Oc3ccc(NC(=S)NC4CC4)c(O)c3)c2c1. The first kappa shape index (κ1) is 17.2. The fraction of sp³-hybridized carbons (Fsp3) is 0.150. The summed E-state index contributed by atoms with van der Waals surface area (Å²) in [4.78, 5) is 15.3. The molecule has 1 aliphatic carbocycles. The normalized spacial score (nSPS) is 13.2. The van der Waals surface area contributed by atoms with Gasteiger partial charge in [0.25, 0.3) is 0 Å².